The van der Waals surface area contributed by atoms with Crippen LogP contribution in [-0.2, 0) is 95.1 Å². The number of hydrogen-bond donors (Lipinski definition) is 1. The average molecular weight is 847 g/mol. The molecule has 0 spiro atoms. The molecular weight excluding hydrogens is 800 g/mol. The molecule has 0 aliphatic carbocycles. The van der Waals surface area contributed by atoms with Crippen molar-refractivity contribution in [3.63, 3.8) is 0 Å². The fraction of sp³-hybridized carbons (Fsp3) is 0.452. The van der Waals surface area contributed by atoms with Gasteiger partial charge in [0.25, 0.3) is 5.56 Å². The second-order valence-corrected chi connectivity index (χ2v) is 15.6. The van der Waals surface area contributed by atoms with Crippen molar-refractivity contribution < 1.29 is 41.6 Å². The maximum absolute atomic E-state index is 13.1. The fourth-order valence-electron chi connectivity index (χ4n) is 8.41. The van der Waals surface area contributed by atoms with Crippen LogP contribution in [0.25, 0.3) is 11.2 Å². The molecule has 0 unspecified atom stereocenters. The van der Waals surface area contributed by atoms with Crippen molar-refractivity contribution in [1.82, 2.24) is 39.5 Å². The van der Waals surface area contributed by atoms with Gasteiger partial charge in [-0.2, -0.15) is 50.5 Å². The number of H-pyrrole nitrogens is 1. The number of ether oxygens (including phenoxy) is 1. The van der Waals surface area contributed by atoms with E-state index in [2.05, 4.69) is 42.6 Å². The van der Waals surface area contributed by atoms with E-state index >= 15 is 0 Å². The van der Waals surface area contributed by atoms with Crippen LogP contribution in [-0.4, -0.2) is 45.2 Å². The first-order valence-corrected chi connectivity index (χ1v) is 20.4. The molecule has 16 heteroatoms. The van der Waals surface area contributed by atoms with Crippen molar-refractivity contribution in [3.05, 3.63) is 107 Å². The minimum atomic E-state index is -1.19. The summed E-state index contributed by atoms with van der Waals surface area (Å²) >= 11 is 1.35. The van der Waals surface area contributed by atoms with Gasteiger partial charge < -0.3 is 54.0 Å². The number of fused-ring (bicyclic) bond motifs is 9. The van der Waals surface area contributed by atoms with E-state index in [-0.39, 0.29) is 49.2 Å². The molecule has 0 saturated heterocycles. The Hall–Kier alpha value is -4.76. The van der Waals surface area contributed by atoms with E-state index in [1.54, 1.807) is 7.11 Å². The van der Waals surface area contributed by atoms with Crippen LogP contribution < -0.4 is 35.7 Å². The van der Waals surface area contributed by atoms with Crippen molar-refractivity contribution in [2.45, 2.75) is 116 Å². The monoisotopic (exact) mass is 846 g/mol. The molecule has 7 heterocycles. The van der Waals surface area contributed by atoms with Crippen molar-refractivity contribution in [1.29, 1.82) is 0 Å². The van der Waals surface area contributed by atoms with Gasteiger partial charge in [0.1, 0.15) is 0 Å². The Morgan fingerprint density at radius 3 is 1.76 bits per heavy atom. The molecule has 0 atom stereocenters. The third-order valence-corrected chi connectivity index (χ3v) is 12.4. The Balaban J connectivity index is 0.00000567. The summed E-state index contributed by atoms with van der Waals surface area (Å²) in [6, 6.07) is 0. The maximum atomic E-state index is 13.1. The Morgan fingerprint density at radius 1 is 0.759 bits per heavy atom. The molecule has 6 aromatic heterocycles. The van der Waals surface area contributed by atoms with Gasteiger partial charge in [0.15, 0.2) is 16.3 Å². The SMILES string of the molecule is CCc1c2[n-]c(c1C)Cc1[n-]c(c(C)c1CC)Cc1[n-]c(c(CCC(=O)[O-])c1CSc1nc(=O)c3[nH]cnc3n1CCOC)Cc1[n-]c(c(C)c1CCC(=O)[O-])C2.[Fe+4]. The number of carboxylic acids is 2. The van der Waals surface area contributed by atoms with Crippen molar-refractivity contribution in [3.8, 4) is 0 Å². The molecule has 0 fully saturated rings. The summed E-state index contributed by atoms with van der Waals surface area (Å²) in [4.78, 5) is 69.5. The van der Waals surface area contributed by atoms with Gasteiger partial charge in [0.2, 0.25) is 0 Å². The molecular formula is C42H46FeN8O6S-2. The molecule has 58 heavy (non-hydrogen) atoms. The number of carboxylic acid groups (broad SMARTS) is 2. The summed E-state index contributed by atoms with van der Waals surface area (Å²) in [6.45, 7) is 11.2. The van der Waals surface area contributed by atoms with Gasteiger partial charge in [-0.05, 0) is 85.0 Å². The van der Waals surface area contributed by atoms with Crippen LogP contribution >= 0.6 is 11.8 Å². The molecule has 0 amide bonds. The largest absolute Gasteiger partial charge is 4.00 e. The summed E-state index contributed by atoms with van der Waals surface area (Å²) in [5.41, 5.74) is 15.1. The number of nitrogens with one attached hydrogen (secondary N) is 1. The van der Waals surface area contributed by atoms with Crippen LogP contribution in [0.3, 0.4) is 0 Å². The standard InChI is InChI=1S/C42H48N8O6S.Fe/c1-7-24-21(3)29-15-32-25(8-2)22(4)30(46-32)17-36-28(19-57-42-49-41(55)39-40(44-20-43-39)50(42)13-14-56-6)27(10-12-38(53)54)35(48-36)18-34-26(9-11-37(51)52)23(5)31(47-34)16-33(24)45-29;/h20H,7-19H2,1-6H3,(H,51,52)(H,53,54)(H,43,44,55);/q-4;+4/p-2. The molecule has 6 aromatic rings. The fourth-order valence-corrected chi connectivity index (χ4v) is 9.50. The summed E-state index contributed by atoms with van der Waals surface area (Å²) in [7, 11) is 1.60. The number of thioether (sulfide) groups is 1. The first-order valence-electron chi connectivity index (χ1n) is 19.4. The van der Waals surface area contributed by atoms with Crippen molar-refractivity contribution in [2.75, 3.05) is 13.7 Å². The molecule has 1 aliphatic rings. The Bertz CT molecular complexity index is 2530. The van der Waals surface area contributed by atoms with Crippen LogP contribution in [0.1, 0.15) is 117 Å². The van der Waals surface area contributed by atoms with E-state index in [4.69, 9.17) is 24.7 Å². The van der Waals surface area contributed by atoms with E-state index in [1.807, 2.05) is 11.5 Å². The number of carbonyl (C=O) groups is 2. The molecule has 0 aromatic carbocycles. The third-order valence-electron chi connectivity index (χ3n) is 11.4. The normalized spacial score (nSPS) is 12.7. The molecule has 14 nitrogen and oxygen atoms in total. The smallest absolute Gasteiger partial charge is 0.664 e. The predicted octanol–water partition coefficient (Wildman–Crippen LogP) is 1.98. The number of aliphatic carboxylic acids is 2. The van der Waals surface area contributed by atoms with Gasteiger partial charge in [-0.1, -0.05) is 70.1 Å². The summed E-state index contributed by atoms with van der Waals surface area (Å²) in [5, 5.41) is 24.2. The first kappa shape index (κ1) is 42.8. The molecule has 0 saturated carbocycles. The minimum absolute atomic E-state index is 0. The number of hydrogen-bond acceptors (Lipinski definition) is 9. The van der Waals surface area contributed by atoms with E-state index in [0.717, 1.165) is 80.4 Å². The molecule has 306 valence electrons. The quantitative estimate of drug-likeness (QED) is 0.0945. The maximum Gasteiger partial charge on any atom is 4.00 e. The van der Waals surface area contributed by atoms with Gasteiger partial charge >= 0.3 is 17.1 Å². The number of imidazole rings is 1. The number of carbonyl (C=O) groups excluding carboxylic acids is 2. The van der Waals surface area contributed by atoms with Crippen LogP contribution in [0.2, 0.25) is 0 Å². The minimum Gasteiger partial charge on any atom is -0.664 e. The third kappa shape index (κ3) is 8.38. The molecule has 1 aliphatic heterocycles. The Labute approximate surface area is 351 Å². The van der Waals surface area contributed by atoms with E-state index < -0.39 is 17.5 Å². The van der Waals surface area contributed by atoms with Gasteiger partial charge in [-0.15, -0.1) is 0 Å². The number of rotatable bonds is 14. The van der Waals surface area contributed by atoms with E-state index in [9.17, 15) is 24.6 Å². The zero-order valence-corrected chi connectivity index (χ0v) is 35.5. The first-order chi connectivity index (χ1) is 27.4. The van der Waals surface area contributed by atoms with Crippen LogP contribution in [0.5, 0.6) is 0 Å². The number of aromatic nitrogens is 8. The Morgan fingerprint density at radius 2 is 1.22 bits per heavy atom. The van der Waals surface area contributed by atoms with Gasteiger partial charge in [-0.25, -0.2) is 4.98 Å². The van der Waals surface area contributed by atoms with Crippen molar-refractivity contribution >= 4 is 34.9 Å². The van der Waals surface area contributed by atoms with Crippen LogP contribution in [0.4, 0.5) is 0 Å². The zero-order chi connectivity index (χ0) is 40.5. The molecule has 7 rings (SSSR count). The number of nitrogens with zero attached hydrogens (tertiary/aromatic N) is 7. The number of methoxy groups -OCH3 is 1. The summed E-state index contributed by atoms with van der Waals surface area (Å²) in [5.74, 6) is -2.01. The molecule has 0 radical (unpaired) electrons. The van der Waals surface area contributed by atoms with Gasteiger partial charge in [-0.3, -0.25) is 4.79 Å². The average Bonchev–Trinajstić information content (AvgIpc) is 3.97. The van der Waals surface area contributed by atoms with Crippen LogP contribution in [0, 0.1) is 20.8 Å². The van der Waals surface area contributed by atoms with E-state index in [0.29, 0.717) is 65.9 Å². The van der Waals surface area contributed by atoms with Crippen molar-refractivity contribution in [2.24, 2.45) is 0 Å². The number of aromatic amines is 1. The second kappa shape index (κ2) is 18.0. The summed E-state index contributed by atoms with van der Waals surface area (Å²) in [6.07, 6.45) is 4.80. The Kier molecular flexibility index (Phi) is 13.3. The molecule has 8 bridgehead atoms. The predicted molar refractivity (Wildman–Crippen MR) is 209 cm³/mol. The van der Waals surface area contributed by atoms with Crippen LogP contribution in [0.15, 0.2) is 16.3 Å². The second-order valence-electron chi connectivity index (χ2n) is 14.7. The molecule has 1 N–H and O–H groups in total. The van der Waals surface area contributed by atoms with E-state index in [1.165, 1.54) is 29.2 Å². The van der Waals surface area contributed by atoms with Gasteiger partial charge in [0.05, 0.1) is 19.5 Å². The van der Waals surface area contributed by atoms with Gasteiger partial charge in [0, 0.05) is 24.8 Å². The summed E-state index contributed by atoms with van der Waals surface area (Å²) < 4.78 is 7.22. The topological polar surface area (TPSA) is 209 Å². The zero-order valence-electron chi connectivity index (χ0n) is 33.6.